The Balaban J connectivity index is 1.49. The first-order valence-corrected chi connectivity index (χ1v) is 9.29. The van der Waals surface area contributed by atoms with Crippen molar-refractivity contribution in [2.24, 2.45) is 0 Å². The van der Waals surface area contributed by atoms with Gasteiger partial charge in [-0.05, 0) is 24.3 Å². The van der Waals surface area contributed by atoms with Crippen LogP contribution in [0.25, 0.3) is 10.9 Å². The number of ether oxygens (including phenoxy) is 2. The first-order valence-electron chi connectivity index (χ1n) is 9.29. The van der Waals surface area contributed by atoms with Gasteiger partial charge in [-0.3, -0.25) is 14.6 Å². The van der Waals surface area contributed by atoms with E-state index in [0.29, 0.717) is 23.7 Å². The second-order valence-electron chi connectivity index (χ2n) is 6.82. The van der Waals surface area contributed by atoms with E-state index in [4.69, 9.17) is 9.47 Å². The monoisotopic (exact) mass is 395 g/mol. The van der Waals surface area contributed by atoms with E-state index in [0.717, 1.165) is 10.9 Å². The third-order valence-corrected chi connectivity index (χ3v) is 4.88. The summed E-state index contributed by atoms with van der Waals surface area (Å²) >= 11 is 0. The van der Waals surface area contributed by atoms with Crippen LogP contribution in [-0.2, 0) is 11.3 Å². The molecule has 0 aliphatic carbocycles. The molecule has 4 rings (SSSR count). The van der Waals surface area contributed by atoms with Gasteiger partial charge in [0, 0.05) is 29.9 Å². The fourth-order valence-corrected chi connectivity index (χ4v) is 3.40. The number of anilines is 1. The van der Waals surface area contributed by atoms with Crippen LogP contribution >= 0.6 is 0 Å². The van der Waals surface area contributed by atoms with Gasteiger partial charge in [0.25, 0.3) is 5.56 Å². The van der Waals surface area contributed by atoms with Crippen LogP contribution in [0.1, 0.15) is 6.42 Å². The Morgan fingerprint density at radius 2 is 2.07 bits per heavy atom. The fraction of sp³-hybridized carbons (Fsp3) is 0.286. The molecule has 1 aliphatic rings. The zero-order chi connectivity index (χ0) is 20.4. The highest BCUT2D eigenvalue weighted by Gasteiger charge is 2.29. The van der Waals surface area contributed by atoms with Crippen LogP contribution in [0.3, 0.4) is 0 Å². The summed E-state index contributed by atoms with van der Waals surface area (Å²) in [6.45, 7) is 0.822. The minimum absolute atomic E-state index is 0.0993. The molecule has 1 atom stereocenters. The molecule has 0 bridgehead atoms. The molecular weight excluding hydrogens is 374 g/mol. The van der Waals surface area contributed by atoms with Crippen LogP contribution in [-0.4, -0.2) is 46.9 Å². The van der Waals surface area contributed by atoms with Gasteiger partial charge in [-0.15, -0.1) is 0 Å². The fourth-order valence-electron chi connectivity index (χ4n) is 3.40. The predicted molar refractivity (Wildman–Crippen MR) is 107 cm³/mol. The van der Waals surface area contributed by atoms with Crippen LogP contribution in [0.5, 0.6) is 11.5 Å². The van der Waals surface area contributed by atoms with Gasteiger partial charge in [-0.25, -0.2) is 0 Å². The predicted octanol–water partition coefficient (Wildman–Crippen LogP) is 1.58. The van der Waals surface area contributed by atoms with Gasteiger partial charge in [0.05, 0.1) is 43.9 Å². The first kappa shape index (κ1) is 18.9. The van der Waals surface area contributed by atoms with Crippen molar-refractivity contribution in [2.45, 2.75) is 19.1 Å². The molecule has 3 aromatic rings. The zero-order valence-electron chi connectivity index (χ0n) is 15.9. The highest BCUT2D eigenvalue weighted by atomic mass is 16.5. The van der Waals surface area contributed by atoms with E-state index in [9.17, 15) is 14.7 Å². The summed E-state index contributed by atoms with van der Waals surface area (Å²) in [6, 6.07) is 10.3. The molecule has 8 nitrogen and oxygen atoms in total. The second-order valence-corrected chi connectivity index (χ2v) is 6.82. The Kier molecular flexibility index (Phi) is 5.18. The van der Waals surface area contributed by atoms with Crippen molar-refractivity contribution < 1.29 is 19.4 Å². The average molecular weight is 395 g/mol. The van der Waals surface area contributed by atoms with Gasteiger partial charge in [0.15, 0.2) is 0 Å². The number of methoxy groups -OCH3 is 1. The normalized spacial score (nSPS) is 16.4. The number of aliphatic hydroxyl groups excluding tert-OH is 1. The van der Waals surface area contributed by atoms with Gasteiger partial charge < -0.3 is 24.0 Å². The molecule has 0 radical (unpaired) electrons. The Morgan fingerprint density at radius 1 is 1.21 bits per heavy atom. The molecular formula is C21H21N3O5. The lowest BCUT2D eigenvalue weighted by molar-refractivity contribution is -0.117. The van der Waals surface area contributed by atoms with Crippen molar-refractivity contribution in [3.63, 3.8) is 0 Å². The molecule has 1 fully saturated rings. The van der Waals surface area contributed by atoms with Crippen molar-refractivity contribution in [3.8, 4) is 11.5 Å². The van der Waals surface area contributed by atoms with E-state index in [-0.39, 0.29) is 31.0 Å². The zero-order valence-corrected chi connectivity index (χ0v) is 15.9. The molecule has 1 saturated heterocycles. The highest BCUT2D eigenvalue weighted by molar-refractivity contribution is 5.95. The summed E-state index contributed by atoms with van der Waals surface area (Å²) in [6.07, 6.45) is 2.71. The largest absolute Gasteiger partial charge is 0.497 e. The maximum absolute atomic E-state index is 12.2. The Labute approximate surface area is 166 Å². The molecule has 150 valence electrons. The molecule has 0 saturated carbocycles. The lowest BCUT2D eigenvalue weighted by Gasteiger charge is -2.17. The quantitative estimate of drug-likeness (QED) is 0.681. The average Bonchev–Trinajstić information content (AvgIpc) is 3.07. The summed E-state index contributed by atoms with van der Waals surface area (Å²) in [5, 5.41) is 10.5. The van der Waals surface area contributed by atoms with Crippen molar-refractivity contribution in [2.75, 3.05) is 25.2 Å². The number of carbonyl (C=O) groups excluding carboxylic acids is 1. The van der Waals surface area contributed by atoms with Crippen molar-refractivity contribution in [3.05, 3.63) is 59.1 Å². The van der Waals surface area contributed by atoms with Crippen molar-refractivity contribution >= 4 is 22.5 Å². The number of aliphatic hydroxyl groups is 1. The van der Waals surface area contributed by atoms with E-state index in [1.54, 1.807) is 31.6 Å². The van der Waals surface area contributed by atoms with Crippen LogP contribution in [0, 0.1) is 0 Å². The number of carbonyl (C=O) groups is 1. The summed E-state index contributed by atoms with van der Waals surface area (Å²) in [4.78, 5) is 30.0. The molecule has 29 heavy (non-hydrogen) atoms. The number of fused-ring (bicyclic) bond motifs is 1. The molecule has 1 N–H and O–H groups in total. The Bertz CT molecular complexity index is 1110. The van der Waals surface area contributed by atoms with Gasteiger partial charge in [-0.1, -0.05) is 0 Å². The van der Waals surface area contributed by atoms with E-state index in [1.807, 2.05) is 18.2 Å². The molecule has 1 unspecified atom stereocenters. The maximum atomic E-state index is 12.2. The number of rotatable bonds is 6. The number of amides is 1. The summed E-state index contributed by atoms with van der Waals surface area (Å²) in [7, 11) is 1.60. The molecule has 1 aliphatic heterocycles. The lowest BCUT2D eigenvalue weighted by Crippen LogP contribution is -2.28. The lowest BCUT2D eigenvalue weighted by atomic mass is 10.2. The first-order chi connectivity index (χ1) is 14.0. The van der Waals surface area contributed by atoms with Gasteiger partial charge >= 0.3 is 0 Å². The topological polar surface area (TPSA) is 93.9 Å². The van der Waals surface area contributed by atoms with E-state index >= 15 is 0 Å². The smallest absolute Gasteiger partial charge is 0.250 e. The minimum atomic E-state index is -0.676. The second kappa shape index (κ2) is 7.92. The van der Waals surface area contributed by atoms with Crippen LogP contribution in [0.15, 0.2) is 53.6 Å². The molecule has 8 heteroatoms. The summed E-state index contributed by atoms with van der Waals surface area (Å²) in [5.41, 5.74) is 1.16. The molecule has 0 spiro atoms. The Morgan fingerprint density at radius 3 is 2.83 bits per heavy atom. The number of aromatic nitrogens is 2. The molecule has 1 aromatic carbocycles. The number of β-amino-alcohol motifs (C(OH)–C–C–N with tert-alkyl or cyclic N) is 1. The summed E-state index contributed by atoms with van der Waals surface area (Å²) < 4.78 is 12.6. The van der Waals surface area contributed by atoms with Crippen molar-refractivity contribution in [1.29, 1.82) is 0 Å². The standard InChI is InChI=1S/C21H21N3O5/c1-28-16-3-4-17-18(11-16)22-7-6-19(17)29-9-8-23-12-14(2-5-20(23)26)24-13-15(25)10-21(24)27/h2-7,11-12,15,25H,8-10,13H2,1H3. The van der Waals surface area contributed by atoms with Crippen molar-refractivity contribution in [1.82, 2.24) is 9.55 Å². The Hall–Kier alpha value is -3.39. The SMILES string of the molecule is COc1ccc2c(OCCn3cc(N4CC(O)CC4=O)ccc3=O)ccnc2c1. The molecule has 3 heterocycles. The third-order valence-electron chi connectivity index (χ3n) is 4.88. The maximum Gasteiger partial charge on any atom is 0.250 e. The van der Waals surface area contributed by atoms with Crippen LogP contribution in [0.2, 0.25) is 0 Å². The summed E-state index contributed by atoms with van der Waals surface area (Å²) in [5.74, 6) is 1.23. The number of benzene rings is 1. The number of nitrogens with zero attached hydrogens (tertiary/aromatic N) is 3. The molecule has 1 amide bonds. The van der Waals surface area contributed by atoms with Crippen LogP contribution < -0.4 is 19.9 Å². The van der Waals surface area contributed by atoms with Gasteiger partial charge in [-0.2, -0.15) is 0 Å². The third kappa shape index (κ3) is 3.93. The number of hydrogen-bond donors (Lipinski definition) is 1. The van der Waals surface area contributed by atoms with Crippen LogP contribution in [0.4, 0.5) is 5.69 Å². The number of hydrogen-bond acceptors (Lipinski definition) is 6. The van der Waals surface area contributed by atoms with Gasteiger partial charge in [0.1, 0.15) is 18.1 Å². The van der Waals surface area contributed by atoms with Gasteiger partial charge in [0.2, 0.25) is 5.91 Å². The van der Waals surface area contributed by atoms with E-state index in [1.165, 1.54) is 15.5 Å². The van der Waals surface area contributed by atoms with E-state index in [2.05, 4.69) is 4.98 Å². The van der Waals surface area contributed by atoms with E-state index < -0.39 is 6.10 Å². The molecule has 2 aromatic heterocycles. The minimum Gasteiger partial charge on any atom is -0.497 e. The number of pyridine rings is 2. The highest BCUT2D eigenvalue weighted by Crippen LogP contribution is 2.27.